The number of fused-ring (bicyclic) bond motifs is 1. The third-order valence-electron chi connectivity index (χ3n) is 2.54. The van der Waals surface area contributed by atoms with Gasteiger partial charge in [-0.3, -0.25) is 0 Å². The minimum absolute atomic E-state index is 0.633. The van der Waals surface area contributed by atoms with Crippen molar-refractivity contribution in [1.82, 2.24) is 4.98 Å². The van der Waals surface area contributed by atoms with Crippen molar-refractivity contribution >= 4 is 11.5 Å². The van der Waals surface area contributed by atoms with Gasteiger partial charge in [0.15, 0.2) is 0 Å². The Morgan fingerprint density at radius 2 is 2.23 bits per heavy atom. The second-order valence-corrected chi connectivity index (χ2v) is 3.58. The first-order chi connectivity index (χ1) is 6.27. The Bertz CT molecular complexity index is 309. The van der Waals surface area contributed by atoms with Gasteiger partial charge in [0, 0.05) is 13.6 Å². The fraction of sp³-hybridized carbons (Fsp3) is 0.500. The van der Waals surface area contributed by atoms with E-state index in [1.54, 1.807) is 0 Å². The van der Waals surface area contributed by atoms with Gasteiger partial charge in [0.1, 0.15) is 5.82 Å². The summed E-state index contributed by atoms with van der Waals surface area (Å²) in [6.07, 6.45) is 3.52. The fourth-order valence-electron chi connectivity index (χ4n) is 1.80. The molecule has 0 saturated carbocycles. The maximum Gasteiger partial charge on any atom is 0.123 e. The molecule has 1 aromatic heterocycles. The van der Waals surface area contributed by atoms with Crippen molar-refractivity contribution < 1.29 is 0 Å². The van der Waals surface area contributed by atoms with Gasteiger partial charge in [-0.1, -0.05) is 0 Å². The van der Waals surface area contributed by atoms with Crippen molar-refractivity contribution in [1.29, 1.82) is 0 Å². The van der Waals surface area contributed by atoms with Gasteiger partial charge in [-0.05, 0) is 31.4 Å². The maximum absolute atomic E-state index is 5.65. The van der Waals surface area contributed by atoms with Crippen molar-refractivity contribution in [2.75, 3.05) is 24.2 Å². The molecule has 0 aliphatic carbocycles. The summed E-state index contributed by atoms with van der Waals surface area (Å²) in [4.78, 5) is 6.62. The molecule has 2 heterocycles. The minimum atomic E-state index is 0.633. The average Bonchev–Trinajstić information content (AvgIpc) is 2.28. The van der Waals surface area contributed by atoms with Crippen LogP contribution in [0.25, 0.3) is 0 Å². The van der Waals surface area contributed by atoms with Crippen LogP contribution in [-0.4, -0.2) is 18.6 Å². The summed E-state index contributed by atoms with van der Waals surface area (Å²) in [6.45, 7) is 1.12. The van der Waals surface area contributed by atoms with Crippen molar-refractivity contribution in [2.45, 2.75) is 19.3 Å². The Hall–Kier alpha value is -1.25. The average molecular weight is 177 g/mol. The van der Waals surface area contributed by atoms with E-state index in [1.807, 2.05) is 6.07 Å². The number of aryl methyl sites for hydroxylation is 1. The van der Waals surface area contributed by atoms with Crippen LogP contribution in [0.3, 0.4) is 0 Å². The molecule has 0 aromatic carbocycles. The van der Waals surface area contributed by atoms with E-state index in [2.05, 4.69) is 23.0 Å². The number of nitrogen functional groups attached to an aromatic ring is 1. The Labute approximate surface area is 78.6 Å². The molecule has 2 rings (SSSR count). The van der Waals surface area contributed by atoms with E-state index in [1.165, 1.54) is 18.5 Å². The minimum Gasteiger partial charge on any atom is -0.384 e. The van der Waals surface area contributed by atoms with Crippen LogP contribution in [0.15, 0.2) is 12.1 Å². The number of nitrogens with two attached hydrogens (primary N) is 1. The van der Waals surface area contributed by atoms with E-state index < -0.39 is 0 Å². The summed E-state index contributed by atoms with van der Waals surface area (Å²) >= 11 is 0. The predicted molar refractivity (Wildman–Crippen MR) is 54.9 cm³/mol. The molecule has 1 aliphatic rings. The molecular formula is C10H15N3. The van der Waals surface area contributed by atoms with Crippen LogP contribution in [0.2, 0.25) is 0 Å². The maximum atomic E-state index is 5.65. The van der Waals surface area contributed by atoms with Crippen molar-refractivity contribution in [2.24, 2.45) is 0 Å². The van der Waals surface area contributed by atoms with Crippen LogP contribution in [0.1, 0.15) is 18.5 Å². The molecule has 0 radical (unpaired) electrons. The van der Waals surface area contributed by atoms with E-state index in [0.717, 1.165) is 18.7 Å². The van der Waals surface area contributed by atoms with Gasteiger partial charge in [-0.2, -0.15) is 0 Å². The molecule has 3 nitrogen and oxygen atoms in total. The summed E-state index contributed by atoms with van der Waals surface area (Å²) < 4.78 is 0. The first-order valence-electron chi connectivity index (χ1n) is 4.74. The number of aromatic nitrogens is 1. The van der Waals surface area contributed by atoms with Crippen LogP contribution < -0.4 is 10.6 Å². The monoisotopic (exact) mass is 177 g/mol. The van der Waals surface area contributed by atoms with Crippen LogP contribution in [0.5, 0.6) is 0 Å². The second-order valence-electron chi connectivity index (χ2n) is 3.58. The summed E-state index contributed by atoms with van der Waals surface area (Å²) in [7, 11) is 2.11. The molecule has 0 spiro atoms. The highest BCUT2D eigenvalue weighted by Crippen LogP contribution is 2.24. The molecular weight excluding hydrogens is 162 g/mol. The number of rotatable bonds is 0. The van der Waals surface area contributed by atoms with Crippen LogP contribution in [-0.2, 0) is 6.42 Å². The first kappa shape index (κ1) is 8.35. The topological polar surface area (TPSA) is 42.2 Å². The molecule has 2 N–H and O–H groups in total. The molecule has 0 bridgehead atoms. The van der Waals surface area contributed by atoms with Gasteiger partial charge in [0.25, 0.3) is 0 Å². The number of hydrogen-bond acceptors (Lipinski definition) is 3. The lowest BCUT2D eigenvalue weighted by atomic mass is 10.2. The SMILES string of the molecule is CN1CCCCc2nc(N)ccc21. The molecule has 0 fully saturated rings. The largest absolute Gasteiger partial charge is 0.384 e. The van der Waals surface area contributed by atoms with E-state index in [4.69, 9.17) is 5.73 Å². The molecule has 0 unspecified atom stereocenters. The lowest BCUT2D eigenvalue weighted by Crippen LogP contribution is -2.18. The third kappa shape index (κ3) is 1.59. The Kier molecular flexibility index (Phi) is 2.08. The summed E-state index contributed by atoms with van der Waals surface area (Å²) in [5.74, 6) is 0.633. The molecule has 1 aromatic rings. The quantitative estimate of drug-likeness (QED) is 0.652. The molecule has 1 aliphatic heterocycles. The Morgan fingerprint density at radius 1 is 1.38 bits per heavy atom. The predicted octanol–water partition coefficient (Wildman–Crippen LogP) is 1.44. The van der Waals surface area contributed by atoms with Gasteiger partial charge >= 0.3 is 0 Å². The van der Waals surface area contributed by atoms with E-state index in [-0.39, 0.29) is 0 Å². The van der Waals surface area contributed by atoms with Gasteiger partial charge in [0.2, 0.25) is 0 Å². The normalized spacial score (nSPS) is 16.5. The van der Waals surface area contributed by atoms with Crippen LogP contribution >= 0.6 is 0 Å². The van der Waals surface area contributed by atoms with Gasteiger partial charge in [0.05, 0.1) is 11.4 Å². The van der Waals surface area contributed by atoms with Gasteiger partial charge in [-0.25, -0.2) is 4.98 Å². The fourth-order valence-corrected chi connectivity index (χ4v) is 1.80. The van der Waals surface area contributed by atoms with Crippen molar-refractivity contribution in [3.05, 3.63) is 17.8 Å². The second kappa shape index (κ2) is 3.24. The summed E-state index contributed by atoms with van der Waals surface area (Å²) in [5.41, 5.74) is 8.04. The smallest absolute Gasteiger partial charge is 0.123 e. The Morgan fingerprint density at radius 3 is 3.08 bits per heavy atom. The number of nitrogens with zero attached hydrogens (tertiary/aromatic N) is 2. The zero-order chi connectivity index (χ0) is 9.26. The lowest BCUT2D eigenvalue weighted by Gasteiger charge is -2.18. The van der Waals surface area contributed by atoms with Gasteiger partial charge in [-0.15, -0.1) is 0 Å². The van der Waals surface area contributed by atoms with Gasteiger partial charge < -0.3 is 10.6 Å². The number of anilines is 2. The van der Waals surface area contributed by atoms with E-state index in [9.17, 15) is 0 Å². The molecule has 3 heteroatoms. The van der Waals surface area contributed by atoms with E-state index in [0.29, 0.717) is 5.82 Å². The Balaban J connectivity index is 2.42. The van der Waals surface area contributed by atoms with Crippen LogP contribution in [0, 0.1) is 0 Å². The number of pyridine rings is 1. The molecule has 0 atom stereocenters. The molecule has 0 amide bonds. The lowest BCUT2D eigenvalue weighted by molar-refractivity contribution is 0.745. The van der Waals surface area contributed by atoms with Crippen molar-refractivity contribution in [3.8, 4) is 0 Å². The molecule has 13 heavy (non-hydrogen) atoms. The number of hydrogen-bond donors (Lipinski definition) is 1. The third-order valence-corrected chi connectivity index (χ3v) is 2.54. The summed E-state index contributed by atoms with van der Waals surface area (Å²) in [5, 5.41) is 0. The summed E-state index contributed by atoms with van der Waals surface area (Å²) in [6, 6.07) is 3.95. The first-order valence-corrected chi connectivity index (χ1v) is 4.74. The highest BCUT2D eigenvalue weighted by molar-refractivity contribution is 5.54. The van der Waals surface area contributed by atoms with Crippen LogP contribution in [0.4, 0.5) is 11.5 Å². The molecule has 70 valence electrons. The van der Waals surface area contributed by atoms with Crippen molar-refractivity contribution in [3.63, 3.8) is 0 Å². The zero-order valence-corrected chi connectivity index (χ0v) is 7.95. The zero-order valence-electron chi connectivity index (χ0n) is 7.95. The highest BCUT2D eigenvalue weighted by Gasteiger charge is 2.12. The van der Waals surface area contributed by atoms with E-state index >= 15 is 0 Å². The molecule has 0 saturated heterocycles. The highest BCUT2D eigenvalue weighted by atomic mass is 15.1. The standard InChI is InChI=1S/C10H15N3/c1-13-7-3-2-4-8-9(13)5-6-10(11)12-8/h5-6H,2-4,7H2,1H3,(H2,11,12).